The van der Waals surface area contributed by atoms with Gasteiger partial charge in [0, 0.05) is 18.0 Å². The smallest absolute Gasteiger partial charge is 0.165 e. The third-order valence-corrected chi connectivity index (χ3v) is 3.68. The van der Waals surface area contributed by atoms with Crippen LogP contribution in [0.2, 0.25) is 0 Å². The minimum atomic E-state index is -0.268. The monoisotopic (exact) mass is 212 g/mol. The van der Waals surface area contributed by atoms with E-state index in [1.165, 1.54) is 24.7 Å². The zero-order valence-corrected chi connectivity index (χ0v) is 8.69. The van der Waals surface area contributed by atoms with Gasteiger partial charge in [-0.05, 0) is 30.7 Å². The average Bonchev–Trinajstić information content (AvgIpc) is 2.69. The van der Waals surface area contributed by atoms with Crippen molar-refractivity contribution < 1.29 is 4.39 Å². The Kier molecular flexibility index (Phi) is 3.24. The lowest BCUT2D eigenvalue weighted by molar-refractivity contribution is 0.623. The van der Waals surface area contributed by atoms with Crippen LogP contribution in [0.25, 0.3) is 0 Å². The van der Waals surface area contributed by atoms with Crippen molar-refractivity contribution in [1.82, 2.24) is 4.98 Å². The third-order valence-electron chi connectivity index (χ3n) is 2.28. The molecule has 1 fully saturated rings. The largest absolute Gasteiger partial charge is 0.367 e. The number of hydrogen-bond donors (Lipinski definition) is 1. The normalized spacial score (nSPS) is 21.1. The lowest BCUT2D eigenvalue weighted by atomic mass is 10.2. The van der Waals surface area contributed by atoms with E-state index in [0.717, 1.165) is 6.54 Å². The molecule has 2 rings (SSSR count). The summed E-state index contributed by atoms with van der Waals surface area (Å²) in [6.45, 7) is 0.818. The summed E-state index contributed by atoms with van der Waals surface area (Å²) in [7, 11) is 0. The standard InChI is InChI=1S/C10H13FN2S/c11-9-4-1-5-12-10(9)13-7-8-3-2-6-14-8/h1,4-5,8H,2-3,6-7H2,(H,12,13). The van der Waals surface area contributed by atoms with Gasteiger partial charge in [0.25, 0.3) is 0 Å². The predicted octanol–water partition coefficient (Wildman–Crippen LogP) is 2.53. The highest BCUT2D eigenvalue weighted by Gasteiger charge is 2.15. The summed E-state index contributed by atoms with van der Waals surface area (Å²) in [5, 5.41) is 3.67. The molecule has 0 spiro atoms. The van der Waals surface area contributed by atoms with Gasteiger partial charge in [-0.25, -0.2) is 9.37 Å². The Hall–Kier alpha value is -0.770. The van der Waals surface area contributed by atoms with Crippen molar-refractivity contribution in [2.24, 2.45) is 0 Å². The molecule has 76 valence electrons. The van der Waals surface area contributed by atoms with E-state index in [1.807, 2.05) is 11.8 Å². The van der Waals surface area contributed by atoms with E-state index in [4.69, 9.17) is 0 Å². The van der Waals surface area contributed by atoms with Crippen LogP contribution in [-0.4, -0.2) is 22.5 Å². The molecule has 1 unspecified atom stereocenters. The first-order valence-electron chi connectivity index (χ1n) is 4.82. The van der Waals surface area contributed by atoms with E-state index >= 15 is 0 Å². The fourth-order valence-corrected chi connectivity index (χ4v) is 2.73. The molecule has 1 saturated heterocycles. The highest BCUT2D eigenvalue weighted by molar-refractivity contribution is 8.00. The molecule has 0 saturated carbocycles. The van der Waals surface area contributed by atoms with Crippen molar-refractivity contribution in [2.75, 3.05) is 17.6 Å². The number of aromatic nitrogens is 1. The van der Waals surface area contributed by atoms with Crippen LogP contribution in [0.3, 0.4) is 0 Å². The van der Waals surface area contributed by atoms with Crippen LogP contribution in [0.4, 0.5) is 10.2 Å². The summed E-state index contributed by atoms with van der Waals surface area (Å²) in [5.74, 6) is 1.34. The highest BCUT2D eigenvalue weighted by atomic mass is 32.2. The van der Waals surface area contributed by atoms with E-state index in [0.29, 0.717) is 11.1 Å². The molecule has 1 aliphatic rings. The molecule has 0 radical (unpaired) electrons. The molecule has 1 atom stereocenters. The van der Waals surface area contributed by atoms with Gasteiger partial charge in [0.1, 0.15) is 0 Å². The molecule has 1 aromatic heterocycles. The molecular formula is C10H13FN2S. The molecule has 0 amide bonds. The van der Waals surface area contributed by atoms with Gasteiger partial charge in [0.2, 0.25) is 0 Å². The minimum absolute atomic E-state index is 0.268. The van der Waals surface area contributed by atoms with E-state index in [9.17, 15) is 4.39 Å². The molecular weight excluding hydrogens is 199 g/mol. The summed E-state index contributed by atoms with van der Waals surface area (Å²) in [6.07, 6.45) is 4.11. The number of anilines is 1. The van der Waals surface area contributed by atoms with Crippen molar-refractivity contribution in [3.05, 3.63) is 24.1 Å². The second-order valence-electron chi connectivity index (χ2n) is 3.35. The van der Waals surface area contributed by atoms with Crippen LogP contribution in [0.15, 0.2) is 18.3 Å². The molecule has 0 bridgehead atoms. The van der Waals surface area contributed by atoms with Crippen molar-refractivity contribution >= 4 is 17.6 Å². The number of rotatable bonds is 3. The summed E-state index contributed by atoms with van der Waals surface area (Å²) in [6, 6.07) is 3.03. The van der Waals surface area contributed by atoms with Gasteiger partial charge in [-0.2, -0.15) is 11.8 Å². The fraction of sp³-hybridized carbons (Fsp3) is 0.500. The van der Waals surface area contributed by atoms with E-state index in [-0.39, 0.29) is 5.82 Å². The van der Waals surface area contributed by atoms with Crippen LogP contribution < -0.4 is 5.32 Å². The summed E-state index contributed by atoms with van der Waals surface area (Å²) < 4.78 is 13.1. The molecule has 0 aliphatic carbocycles. The molecule has 4 heteroatoms. The molecule has 14 heavy (non-hydrogen) atoms. The lowest BCUT2D eigenvalue weighted by Gasteiger charge is -2.10. The summed E-state index contributed by atoms with van der Waals surface area (Å²) in [4.78, 5) is 3.94. The summed E-state index contributed by atoms with van der Waals surface area (Å²) in [5.41, 5.74) is 0. The molecule has 2 heterocycles. The average molecular weight is 212 g/mol. The predicted molar refractivity (Wildman–Crippen MR) is 58.2 cm³/mol. The van der Waals surface area contributed by atoms with E-state index in [1.54, 1.807) is 12.3 Å². The maximum atomic E-state index is 13.1. The van der Waals surface area contributed by atoms with Crippen LogP contribution in [-0.2, 0) is 0 Å². The van der Waals surface area contributed by atoms with Crippen molar-refractivity contribution in [3.63, 3.8) is 0 Å². The Morgan fingerprint density at radius 1 is 1.64 bits per heavy atom. The quantitative estimate of drug-likeness (QED) is 0.833. The van der Waals surface area contributed by atoms with Gasteiger partial charge in [-0.1, -0.05) is 0 Å². The van der Waals surface area contributed by atoms with Gasteiger partial charge < -0.3 is 5.32 Å². The number of nitrogens with one attached hydrogen (secondary N) is 1. The Bertz CT molecular complexity index is 300. The highest BCUT2D eigenvalue weighted by Crippen LogP contribution is 2.26. The molecule has 1 aromatic rings. The van der Waals surface area contributed by atoms with Crippen molar-refractivity contribution in [1.29, 1.82) is 0 Å². The zero-order valence-electron chi connectivity index (χ0n) is 7.87. The van der Waals surface area contributed by atoms with Crippen LogP contribution in [0, 0.1) is 5.82 Å². The topological polar surface area (TPSA) is 24.9 Å². The first-order chi connectivity index (χ1) is 6.86. The number of halogens is 1. The van der Waals surface area contributed by atoms with Crippen molar-refractivity contribution in [3.8, 4) is 0 Å². The molecule has 1 aliphatic heterocycles. The first kappa shape index (κ1) is 9.77. The molecule has 2 nitrogen and oxygen atoms in total. The summed E-state index contributed by atoms with van der Waals surface area (Å²) >= 11 is 1.95. The zero-order chi connectivity index (χ0) is 9.80. The molecule has 1 N–H and O–H groups in total. The Balaban J connectivity index is 1.88. The third kappa shape index (κ3) is 2.38. The number of pyridine rings is 1. The van der Waals surface area contributed by atoms with Gasteiger partial charge in [0.05, 0.1) is 0 Å². The second kappa shape index (κ2) is 4.64. The van der Waals surface area contributed by atoms with Gasteiger partial charge >= 0.3 is 0 Å². The Morgan fingerprint density at radius 2 is 2.57 bits per heavy atom. The fourth-order valence-electron chi connectivity index (χ4n) is 1.53. The van der Waals surface area contributed by atoms with Gasteiger partial charge in [0.15, 0.2) is 11.6 Å². The van der Waals surface area contributed by atoms with Crippen LogP contribution in [0.1, 0.15) is 12.8 Å². The maximum Gasteiger partial charge on any atom is 0.165 e. The first-order valence-corrected chi connectivity index (χ1v) is 5.87. The van der Waals surface area contributed by atoms with Gasteiger partial charge in [-0.15, -0.1) is 0 Å². The number of nitrogens with zero attached hydrogens (tertiary/aromatic N) is 1. The van der Waals surface area contributed by atoms with E-state index in [2.05, 4.69) is 10.3 Å². The van der Waals surface area contributed by atoms with Crippen LogP contribution >= 0.6 is 11.8 Å². The lowest BCUT2D eigenvalue weighted by Crippen LogP contribution is -2.15. The van der Waals surface area contributed by atoms with Gasteiger partial charge in [-0.3, -0.25) is 0 Å². The Labute approximate surface area is 87.3 Å². The minimum Gasteiger partial charge on any atom is -0.367 e. The van der Waals surface area contributed by atoms with E-state index < -0.39 is 0 Å². The Morgan fingerprint density at radius 3 is 3.29 bits per heavy atom. The maximum absolute atomic E-state index is 13.1. The van der Waals surface area contributed by atoms with Crippen molar-refractivity contribution in [2.45, 2.75) is 18.1 Å². The SMILES string of the molecule is Fc1cccnc1NCC1CCCS1. The number of hydrogen-bond acceptors (Lipinski definition) is 3. The molecule has 0 aromatic carbocycles. The number of thioether (sulfide) groups is 1. The second-order valence-corrected chi connectivity index (χ2v) is 4.76. The van der Waals surface area contributed by atoms with Crippen LogP contribution in [0.5, 0.6) is 0 Å².